The van der Waals surface area contributed by atoms with Gasteiger partial charge in [-0.15, -0.1) is 0 Å². The van der Waals surface area contributed by atoms with Gasteiger partial charge in [-0.05, 0) is 24.1 Å². The van der Waals surface area contributed by atoms with Crippen LogP contribution in [0.4, 0.5) is 4.79 Å². The monoisotopic (exact) mass is 546 g/mol. The summed E-state index contributed by atoms with van der Waals surface area (Å²) in [6.07, 6.45) is -0.482. The molecule has 0 saturated carbocycles. The van der Waals surface area contributed by atoms with Crippen molar-refractivity contribution in [2.75, 3.05) is 48.3 Å². The van der Waals surface area contributed by atoms with Crippen LogP contribution in [-0.4, -0.2) is 77.2 Å². The molecule has 1 N–H and O–H groups in total. The van der Waals surface area contributed by atoms with Crippen LogP contribution >= 0.6 is 0 Å². The molecule has 2 rings (SSSR count). The van der Waals surface area contributed by atoms with Crippen molar-refractivity contribution in [3.63, 3.8) is 0 Å². The molecule has 1 unspecified atom stereocenters. The zero-order valence-electron chi connectivity index (χ0n) is 22.9. The number of hydrogen-bond acceptors (Lipinski definition) is 10. The third kappa shape index (κ3) is 7.76. The number of carbonyl (C=O) groups is 4. The molecule has 12 heteroatoms. The van der Waals surface area contributed by atoms with Crippen LogP contribution in [-0.2, 0) is 29.3 Å². The van der Waals surface area contributed by atoms with E-state index in [0.29, 0.717) is 17.7 Å². The van der Waals surface area contributed by atoms with Crippen molar-refractivity contribution in [2.24, 2.45) is 0 Å². The Morgan fingerprint density at radius 1 is 0.897 bits per heavy atom. The lowest BCUT2D eigenvalue weighted by Crippen LogP contribution is -2.50. The Kier molecular flexibility index (Phi) is 11.4. The highest BCUT2D eigenvalue weighted by molar-refractivity contribution is 5.91. The quantitative estimate of drug-likeness (QED) is 0.295. The molecule has 2 aromatic carbocycles. The van der Waals surface area contributed by atoms with Gasteiger partial charge in [-0.2, -0.15) is 0 Å². The number of hydrogen-bond donors (Lipinski definition) is 1. The Labute approximate surface area is 227 Å². The van der Waals surface area contributed by atoms with E-state index in [0.717, 1.165) is 0 Å². The van der Waals surface area contributed by atoms with E-state index < -0.39 is 36.3 Å². The Morgan fingerprint density at radius 2 is 1.51 bits per heavy atom. The van der Waals surface area contributed by atoms with Crippen molar-refractivity contribution >= 4 is 23.9 Å². The summed E-state index contributed by atoms with van der Waals surface area (Å²) >= 11 is 0. The molecule has 0 aliphatic rings. The molecule has 2 aromatic rings. The fourth-order valence-electron chi connectivity index (χ4n) is 3.80. The standard InChI is InChI=1S/C27H34N2O10/c1-7-27(20-11-9-8-10-12-20,29(3)26(33)39-17-38-23(31)15-28-18(2)30)16-37-25(32)19-13-21(34-4)24(36-6)22(14-19)35-5/h8-14H,7,15-17H2,1-6H3,(H,28,30). The van der Waals surface area contributed by atoms with Gasteiger partial charge < -0.3 is 33.7 Å². The van der Waals surface area contributed by atoms with E-state index in [9.17, 15) is 19.2 Å². The first-order chi connectivity index (χ1) is 18.6. The number of methoxy groups -OCH3 is 3. The summed E-state index contributed by atoms with van der Waals surface area (Å²) < 4.78 is 31.6. The lowest BCUT2D eigenvalue weighted by atomic mass is 9.86. The number of benzene rings is 2. The molecule has 212 valence electrons. The zero-order valence-corrected chi connectivity index (χ0v) is 22.9. The summed E-state index contributed by atoms with van der Waals surface area (Å²) in [5, 5.41) is 2.29. The van der Waals surface area contributed by atoms with Crippen LogP contribution in [0.15, 0.2) is 42.5 Å². The third-order valence-electron chi connectivity index (χ3n) is 6.04. The molecular formula is C27H34N2O10. The summed E-state index contributed by atoms with van der Waals surface area (Å²) in [4.78, 5) is 50.0. The first-order valence-electron chi connectivity index (χ1n) is 12.0. The molecule has 0 radical (unpaired) electrons. The van der Waals surface area contributed by atoms with Gasteiger partial charge in [0.1, 0.15) is 18.7 Å². The number of esters is 2. The molecule has 0 spiro atoms. The fraction of sp³-hybridized carbons (Fsp3) is 0.407. The van der Waals surface area contributed by atoms with E-state index in [-0.39, 0.29) is 30.2 Å². The van der Waals surface area contributed by atoms with Gasteiger partial charge >= 0.3 is 18.0 Å². The second kappa shape index (κ2) is 14.5. The number of ether oxygens (including phenoxy) is 6. The van der Waals surface area contributed by atoms with Crippen LogP contribution in [0.5, 0.6) is 17.2 Å². The molecule has 1 atom stereocenters. The van der Waals surface area contributed by atoms with Crippen molar-refractivity contribution in [1.82, 2.24) is 10.2 Å². The van der Waals surface area contributed by atoms with Gasteiger partial charge in [0.05, 0.1) is 26.9 Å². The molecule has 0 saturated heterocycles. The molecule has 12 nitrogen and oxygen atoms in total. The van der Waals surface area contributed by atoms with Crippen LogP contribution < -0.4 is 19.5 Å². The van der Waals surface area contributed by atoms with Crippen LogP contribution in [0.2, 0.25) is 0 Å². The van der Waals surface area contributed by atoms with Crippen LogP contribution in [0.25, 0.3) is 0 Å². The molecule has 0 aromatic heterocycles. The van der Waals surface area contributed by atoms with E-state index >= 15 is 0 Å². The molecule has 0 aliphatic carbocycles. The molecule has 0 fully saturated rings. The van der Waals surface area contributed by atoms with Crippen molar-refractivity contribution in [1.29, 1.82) is 0 Å². The minimum atomic E-state index is -1.13. The third-order valence-corrected chi connectivity index (χ3v) is 6.04. The number of rotatable bonds is 13. The predicted octanol–water partition coefficient (Wildman–Crippen LogP) is 2.88. The Bertz CT molecular complexity index is 1130. The van der Waals surface area contributed by atoms with E-state index in [1.165, 1.54) is 52.3 Å². The molecule has 0 bridgehead atoms. The molecule has 2 amide bonds. The van der Waals surface area contributed by atoms with Gasteiger partial charge in [-0.25, -0.2) is 9.59 Å². The highest BCUT2D eigenvalue weighted by Crippen LogP contribution is 2.39. The minimum Gasteiger partial charge on any atom is -0.493 e. The maximum Gasteiger partial charge on any atom is 0.413 e. The van der Waals surface area contributed by atoms with Crippen molar-refractivity contribution in [2.45, 2.75) is 25.8 Å². The maximum atomic E-state index is 13.1. The second-order valence-corrected chi connectivity index (χ2v) is 8.25. The Morgan fingerprint density at radius 3 is 2.03 bits per heavy atom. The Balaban J connectivity index is 2.25. The van der Waals surface area contributed by atoms with Crippen LogP contribution in [0.3, 0.4) is 0 Å². The zero-order chi connectivity index (χ0) is 29.0. The van der Waals surface area contributed by atoms with E-state index in [4.69, 9.17) is 28.4 Å². The van der Waals surface area contributed by atoms with Crippen molar-refractivity contribution < 1.29 is 47.6 Å². The minimum absolute atomic E-state index is 0.152. The Hall–Kier alpha value is -4.48. The molecule has 0 aliphatic heterocycles. The predicted molar refractivity (Wildman–Crippen MR) is 139 cm³/mol. The van der Waals surface area contributed by atoms with E-state index in [1.54, 1.807) is 24.3 Å². The first kappa shape index (κ1) is 30.7. The molecular weight excluding hydrogens is 512 g/mol. The largest absolute Gasteiger partial charge is 0.493 e. The highest BCUT2D eigenvalue weighted by atomic mass is 16.7. The maximum absolute atomic E-state index is 13.1. The summed E-state index contributed by atoms with van der Waals surface area (Å²) in [6, 6.07) is 11.9. The van der Waals surface area contributed by atoms with Gasteiger partial charge in [-0.3, -0.25) is 14.5 Å². The van der Waals surface area contributed by atoms with Gasteiger partial charge in [0.25, 0.3) is 0 Å². The van der Waals surface area contributed by atoms with Crippen LogP contribution in [0, 0.1) is 0 Å². The van der Waals surface area contributed by atoms with E-state index in [2.05, 4.69) is 5.32 Å². The molecule has 0 heterocycles. The number of nitrogens with one attached hydrogen (secondary N) is 1. The highest BCUT2D eigenvalue weighted by Gasteiger charge is 2.40. The number of likely N-dealkylation sites (N-methyl/N-ethyl adjacent to an activating group) is 1. The lowest BCUT2D eigenvalue weighted by Gasteiger charge is -2.40. The fourth-order valence-corrected chi connectivity index (χ4v) is 3.80. The number of amides is 2. The van der Waals surface area contributed by atoms with Crippen molar-refractivity contribution in [3.05, 3.63) is 53.6 Å². The van der Waals surface area contributed by atoms with E-state index in [1.807, 2.05) is 13.0 Å². The summed E-state index contributed by atoms with van der Waals surface area (Å²) in [5.74, 6) is -0.976. The van der Waals surface area contributed by atoms with Crippen molar-refractivity contribution in [3.8, 4) is 17.2 Å². The smallest absolute Gasteiger partial charge is 0.413 e. The molecule has 39 heavy (non-hydrogen) atoms. The SMILES string of the molecule is CCC(COC(=O)c1cc(OC)c(OC)c(OC)c1)(c1ccccc1)N(C)C(=O)OCOC(=O)CNC(C)=O. The number of nitrogens with zero attached hydrogens (tertiary/aromatic N) is 1. The summed E-state index contributed by atoms with van der Waals surface area (Å²) in [6.45, 7) is 1.84. The van der Waals surface area contributed by atoms with Gasteiger partial charge in [-0.1, -0.05) is 37.3 Å². The first-order valence-corrected chi connectivity index (χ1v) is 12.0. The lowest BCUT2D eigenvalue weighted by molar-refractivity contribution is -0.152. The second-order valence-electron chi connectivity index (χ2n) is 8.25. The summed E-state index contributed by atoms with van der Waals surface area (Å²) in [7, 11) is 5.81. The van der Waals surface area contributed by atoms with Gasteiger partial charge in [0, 0.05) is 14.0 Å². The van der Waals surface area contributed by atoms with Crippen LogP contribution in [0.1, 0.15) is 36.2 Å². The average Bonchev–Trinajstić information content (AvgIpc) is 2.95. The van der Waals surface area contributed by atoms with Gasteiger partial charge in [0.2, 0.25) is 18.4 Å². The topological polar surface area (TPSA) is 139 Å². The van der Waals surface area contributed by atoms with Gasteiger partial charge in [0.15, 0.2) is 11.5 Å². The number of carbonyl (C=O) groups excluding carboxylic acids is 4. The average molecular weight is 547 g/mol. The summed E-state index contributed by atoms with van der Waals surface area (Å²) in [5.41, 5.74) is -0.291. The normalized spacial score (nSPS) is 11.8.